The van der Waals surface area contributed by atoms with Crippen molar-refractivity contribution in [2.24, 2.45) is 23.7 Å². The number of urea groups is 1. The number of carbonyl (C=O) groups is 11. The largest absolute Gasteiger partial charge is 0.390 e. The van der Waals surface area contributed by atoms with Gasteiger partial charge in [0.25, 0.3) is 0 Å². The fraction of sp³-hybridized carbons (Fsp3) is 0.797. The van der Waals surface area contributed by atoms with Crippen LogP contribution in [-0.2, 0) is 47.9 Å². The first-order valence-electron chi connectivity index (χ1n) is 31.6. The number of rotatable bonds is 21. The van der Waals surface area contributed by atoms with Crippen LogP contribution in [0.3, 0.4) is 0 Å². The molecule has 12 atom stereocenters. The zero-order valence-electron chi connectivity index (χ0n) is 55.0. The minimum Gasteiger partial charge on any atom is -0.390 e. The van der Waals surface area contributed by atoms with Crippen LogP contribution in [0.15, 0.2) is 12.2 Å². The zero-order chi connectivity index (χ0) is 64.3. The predicted molar refractivity (Wildman–Crippen MR) is 328 cm³/mol. The van der Waals surface area contributed by atoms with Crippen molar-refractivity contribution in [2.45, 2.75) is 259 Å². The smallest absolute Gasteiger partial charge is 0.326 e. The molecular weight excluding hydrogens is 1070 g/mol. The molecule has 0 spiro atoms. The molecule has 1 fully saturated rings. The van der Waals surface area contributed by atoms with E-state index in [9.17, 15) is 48.3 Å². The van der Waals surface area contributed by atoms with Crippen molar-refractivity contribution in [1.29, 1.82) is 0 Å². The number of hydrogen-bond donors (Lipinski definition) is 2. The topological polar surface area (TPSA) is 243 Å². The van der Waals surface area contributed by atoms with E-state index in [1.165, 1.54) is 80.8 Å². The number of Topliss-reactive ketones (excluding diaryl/α,β-unsaturated/α-hetero) is 3. The molecule has 0 aliphatic carbocycles. The third-order valence-electron chi connectivity index (χ3n) is 17.3. The van der Waals surface area contributed by atoms with Crippen LogP contribution in [0.25, 0.3) is 0 Å². The van der Waals surface area contributed by atoms with Crippen LogP contribution in [0.1, 0.15) is 211 Å². The summed E-state index contributed by atoms with van der Waals surface area (Å²) in [6.45, 7) is 19.8. The fourth-order valence-electron chi connectivity index (χ4n) is 11.4. The van der Waals surface area contributed by atoms with Gasteiger partial charge in [-0.05, 0) is 71.1 Å². The molecule has 480 valence electrons. The van der Waals surface area contributed by atoms with Crippen molar-refractivity contribution >= 4 is 64.7 Å². The van der Waals surface area contributed by atoms with Crippen molar-refractivity contribution in [3.8, 4) is 0 Å². The van der Waals surface area contributed by atoms with Crippen molar-refractivity contribution in [3.05, 3.63) is 12.2 Å². The Morgan fingerprint density at radius 2 is 0.881 bits per heavy atom. The number of hydrogen-bond acceptors (Lipinski definition) is 12. The number of nitrogens with zero attached hydrogens (tertiary/aromatic N) is 7. The number of ketones is 3. The first-order valence-corrected chi connectivity index (χ1v) is 31.6. The van der Waals surface area contributed by atoms with Gasteiger partial charge in [-0.15, -0.1) is 0 Å². The number of imide groups is 1. The van der Waals surface area contributed by atoms with Gasteiger partial charge >= 0.3 is 6.03 Å². The Morgan fingerprint density at radius 1 is 0.476 bits per heavy atom. The Hall–Kier alpha value is -5.53. The van der Waals surface area contributed by atoms with E-state index in [2.05, 4.69) is 5.32 Å². The van der Waals surface area contributed by atoms with Crippen LogP contribution < -0.4 is 5.32 Å². The molecule has 0 aromatic heterocycles. The van der Waals surface area contributed by atoms with Gasteiger partial charge in [0.15, 0.2) is 17.3 Å². The van der Waals surface area contributed by atoms with Gasteiger partial charge in [-0.1, -0.05) is 139 Å². The molecule has 2 N–H and O–H groups in total. The summed E-state index contributed by atoms with van der Waals surface area (Å²) in [6.07, 6.45) is 8.89. The summed E-state index contributed by atoms with van der Waals surface area (Å²) < 4.78 is 0. The summed E-state index contributed by atoms with van der Waals surface area (Å²) in [6, 6.07) is -8.77. The summed E-state index contributed by atoms with van der Waals surface area (Å²) in [5.74, 6) is -8.95. The average molecular weight is 1190 g/mol. The maximum Gasteiger partial charge on any atom is 0.326 e. The Balaban J connectivity index is 4.32. The Bertz CT molecular complexity index is 2210. The van der Waals surface area contributed by atoms with Gasteiger partial charge in [0.1, 0.15) is 30.2 Å². The van der Waals surface area contributed by atoms with E-state index in [4.69, 9.17) is 0 Å². The van der Waals surface area contributed by atoms with E-state index in [-0.39, 0.29) is 50.7 Å². The summed E-state index contributed by atoms with van der Waals surface area (Å²) in [4.78, 5) is 169. The standard InChI is InChI=1S/C64H112N8O12/c1-19-27-34-42(9)56(76)55-54(75)40-45(26-8)59(79)72(18)64(84)70(16)48(36-29-21-3)53(74)41-46(32-24-6)60(80)66(12)47(35-28-20-2)52(73)39-43(10)57(77)65-44(11)58(78)67(13)50(37-30-22-4)61(81)69(15)51(38-31-23-5)62(82)68(14)49(33-25-7)63(83)71(55)17/h19,27,42-51,55-56,76H,20-26,28-41H2,1-18H3,(H,65,77)/b27-19+. The van der Waals surface area contributed by atoms with Crippen LogP contribution >= 0.6 is 0 Å². The van der Waals surface area contributed by atoms with E-state index in [0.29, 0.717) is 83.5 Å². The summed E-state index contributed by atoms with van der Waals surface area (Å²) in [5, 5.41) is 14.9. The highest BCUT2D eigenvalue weighted by Gasteiger charge is 2.44. The number of allylic oxidation sites excluding steroid dienone is 2. The van der Waals surface area contributed by atoms with Crippen LogP contribution in [-0.4, -0.2) is 202 Å². The van der Waals surface area contributed by atoms with Crippen LogP contribution in [0, 0.1) is 23.7 Å². The predicted octanol–water partition coefficient (Wildman–Crippen LogP) is 8.00. The van der Waals surface area contributed by atoms with E-state index in [0.717, 1.165) is 9.80 Å². The van der Waals surface area contributed by atoms with Gasteiger partial charge in [-0.25, -0.2) is 4.79 Å². The zero-order valence-corrected chi connectivity index (χ0v) is 55.0. The number of aliphatic hydroxyl groups excluding tert-OH is 1. The minimum absolute atomic E-state index is 0.0876. The summed E-state index contributed by atoms with van der Waals surface area (Å²) >= 11 is 0. The lowest BCUT2D eigenvalue weighted by atomic mass is 9.86. The molecule has 12 unspecified atom stereocenters. The molecule has 20 heteroatoms. The third kappa shape index (κ3) is 21.5. The Labute approximate surface area is 504 Å². The monoisotopic (exact) mass is 1180 g/mol. The first-order chi connectivity index (χ1) is 39.6. The first kappa shape index (κ1) is 76.5. The van der Waals surface area contributed by atoms with Gasteiger partial charge in [0, 0.05) is 86.3 Å². The second-order valence-electron chi connectivity index (χ2n) is 23.9. The Morgan fingerprint density at radius 3 is 1.33 bits per heavy atom. The molecule has 1 aliphatic rings. The third-order valence-corrected chi connectivity index (χ3v) is 17.3. The fourth-order valence-corrected chi connectivity index (χ4v) is 11.4. The molecular formula is C64H112N8O12. The highest BCUT2D eigenvalue weighted by molar-refractivity contribution is 6.01. The van der Waals surface area contributed by atoms with Gasteiger partial charge in [0.05, 0.1) is 18.2 Å². The summed E-state index contributed by atoms with van der Waals surface area (Å²) in [5.41, 5.74) is 0. The summed E-state index contributed by atoms with van der Waals surface area (Å²) in [7, 11) is 10.1. The van der Waals surface area contributed by atoms with Crippen LogP contribution in [0.4, 0.5) is 4.79 Å². The maximum absolute atomic E-state index is 15.1. The molecule has 0 aromatic carbocycles. The number of likely N-dealkylation sites (N-methyl/N-ethyl adjacent to an activating group) is 6. The van der Waals surface area contributed by atoms with Gasteiger partial charge < -0.3 is 39.8 Å². The highest BCUT2D eigenvalue weighted by Crippen LogP contribution is 2.28. The molecule has 9 amide bonds. The van der Waals surface area contributed by atoms with Crippen molar-refractivity contribution in [3.63, 3.8) is 0 Å². The molecule has 0 saturated carbocycles. The van der Waals surface area contributed by atoms with Gasteiger partial charge in [-0.2, -0.15) is 0 Å². The molecule has 0 aromatic rings. The maximum atomic E-state index is 15.1. The lowest BCUT2D eigenvalue weighted by molar-refractivity contribution is -0.156. The van der Waals surface area contributed by atoms with Crippen LogP contribution in [0.5, 0.6) is 0 Å². The average Bonchev–Trinajstić information content (AvgIpc) is 3.67. The van der Waals surface area contributed by atoms with E-state index < -0.39 is 137 Å². The second-order valence-corrected chi connectivity index (χ2v) is 23.9. The molecule has 84 heavy (non-hydrogen) atoms. The molecule has 1 heterocycles. The molecule has 20 nitrogen and oxygen atoms in total. The highest BCUT2D eigenvalue weighted by atomic mass is 16.3. The van der Waals surface area contributed by atoms with Crippen LogP contribution in [0.2, 0.25) is 0 Å². The van der Waals surface area contributed by atoms with Crippen molar-refractivity contribution in [1.82, 2.24) is 39.6 Å². The van der Waals surface area contributed by atoms with E-state index in [1.807, 2.05) is 54.5 Å². The number of unbranched alkanes of at least 4 members (excludes halogenated alkanes) is 4. The van der Waals surface area contributed by atoms with Crippen molar-refractivity contribution < 1.29 is 57.8 Å². The normalized spacial score (nSPS) is 26.8. The molecule has 1 saturated heterocycles. The van der Waals surface area contributed by atoms with E-state index in [1.54, 1.807) is 26.8 Å². The van der Waals surface area contributed by atoms with Crippen molar-refractivity contribution in [2.75, 3.05) is 49.3 Å². The molecule has 0 bridgehead atoms. The Kier molecular flexibility index (Phi) is 35.1. The SMILES string of the molecule is C/C=C/CC(C)C(O)C1C(=O)CC(CC)C(=O)N(C)C(=O)N(C)C(CCCC)C(=O)CC(CCC)C(=O)N(C)C(CCCC)C(=O)CC(C)C(=O)NC(C)C(=O)N(C)C(CCCC)C(=O)N(C)C(CCCC)C(=O)N(C)C(CCC)C(=O)N1C. The quantitative estimate of drug-likeness (QED) is 0.104. The van der Waals surface area contributed by atoms with Gasteiger partial charge in [0.2, 0.25) is 41.4 Å². The number of nitrogens with one attached hydrogen (secondary N) is 1. The molecule has 0 radical (unpaired) electrons. The minimum atomic E-state index is -1.50. The van der Waals surface area contributed by atoms with E-state index >= 15 is 9.59 Å². The van der Waals surface area contributed by atoms with Gasteiger partial charge in [-0.3, -0.25) is 52.8 Å². The second kappa shape index (κ2) is 38.5. The lowest BCUT2D eigenvalue weighted by Gasteiger charge is -2.40. The number of amides is 9. The number of carbonyl (C=O) groups excluding carboxylic acids is 11. The lowest BCUT2D eigenvalue weighted by Crippen LogP contribution is -2.60. The molecule has 1 aliphatic heterocycles. The number of aliphatic hydroxyl groups is 1. The molecule has 1 rings (SSSR count).